The normalized spacial score (nSPS) is 16.0. The van der Waals surface area contributed by atoms with Crippen LogP contribution in [0.3, 0.4) is 0 Å². The first kappa shape index (κ1) is 11.0. The van der Waals surface area contributed by atoms with Crippen molar-refractivity contribution in [2.75, 3.05) is 0 Å². The molecule has 1 aliphatic rings. The second-order valence-corrected chi connectivity index (χ2v) is 4.79. The van der Waals surface area contributed by atoms with Crippen LogP contribution in [0.1, 0.15) is 18.4 Å². The molecule has 1 nitrogen and oxygen atoms in total. The van der Waals surface area contributed by atoms with Crippen molar-refractivity contribution in [1.82, 2.24) is 0 Å². The van der Waals surface area contributed by atoms with Crippen LogP contribution >= 0.6 is 0 Å². The minimum atomic E-state index is -0.288. The molecule has 3 rings (SSSR count). The van der Waals surface area contributed by atoms with E-state index < -0.39 is 0 Å². The van der Waals surface area contributed by atoms with Crippen molar-refractivity contribution in [3.63, 3.8) is 0 Å². The van der Waals surface area contributed by atoms with Crippen LogP contribution in [-0.4, -0.2) is 0 Å². The number of hydrogen-bond donors (Lipinski definition) is 0. The fourth-order valence-corrected chi connectivity index (χ4v) is 2.25. The maximum absolute atomic E-state index is 13.2. The Morgan fingerprint density at radius 1 is 1.00 bits per heavy atom. The van der Waals surface area contributed by atoms with Crippen molar-refractivity contribution in [2.45, 2.75) is 18.3 Å². The minimum absolute atomic E-state index is 0.237. The molecule has 18 heavy (non-hydrogen) atoms. The fourth-order valence-electron chi connectivity index (χ4n) is 2.25. The van der Waals surface area contributed by atoms with Gasteiger partial charge in [0.1, 0.15) is 5.82 Å². The number of benzene rings is 2. The minimum Gasteiger partial charge on any atom is -0.207 e. The molecule has 2 aromatic rings. The third-order valence-corrected chi connectivity index (χ3v) is 3.54. The maximum atomic E-state index is 13.2. The van der Waals surface area contributed by atoms with Crippen molar-refractivity contribution in [3.8, 4) is 17.2 Å². The van der Waals surface area contributed by atoms with Crippen LogP contribution in [0.2, 0.25) is 0 Å². The van der Waals surface area contributed by atoms with Gasteiger partial charge >= 0.3 is 0 Å². The van der Waals surface area contributed by atoms with E-state index in [1.165, 1.54) is 12.1 Å². The van der Waals surface area contributed by atoms with E-state index in [2.05, 4.69) is 6.07 Å². The van der Waals surface area contributed by atoms with Gasteiger partial charge in [-0.3, -0.25) is 0 Å². The summed E-state index contributed by atoms with van der Waals surface area (Å²) < 4.78 is 13.2. The molecule has 0 radical (unpaired) electrons. The van der Waals surface area contributed by atoms with Gasteiger partial charge in [-0.25, -0.2) is 4.39 Å². The molecule has 0 bridgehead atoms. The number of rotatable bonds is 2. The van der Waals surface area contributed by atoms with Crippen LogP contribution in [0.5, 0.6) is 0 Å². The molecule has 1 saturated carbocycles. The summed E-state index contributed by atoms with van der Waals surface area (Å²) >= 11 is 0. The average Bonchev–Trinajstić information content (AvgIpc) is 3.20. The van der Waals surface area contributed by atoms with Gasteiger partial charge < -0.3 is 0 Å². The Bertz CT molecular complexity index is 636. The van der Waals surface area contributed by atoms with Gasteiger partial charge in [0.15, 0.2) is 0 Å². The molecular formula is C16H12FN. The summed E-state index contributed by atoms with van der Waals surface area (Å²) in [5, 5.41) is 9.21. The number of hydrogen-bond acceptors (Lipinski definition) is 1. The van der Waals surface area contributed by atoms with Gasteiger partial charge in [-0.15, -0.1) is 0 Å². The monoisotopic (exact) mass is 237 g/mol. The molecule has 0 amide bonds. The van der Waals surface area contributed by atoms with E-state index >= 15 is 0 Å². The van der Waals surface area contributed by atoms with E-state index in [4.69, 9.17) is 0 Å². The van der Waals surface area contributed by atoms with Gasteiger partial charge in [-0.1, -0.05) is 30.3 Å². The first-order valence-corrected chi connectivity index (χ1v) is 6.01. The molecule has 0 spiro atoms. The molecule has 1 aliphatic carbocycles. The highest BCUT2D eigenvalue weighted by atomic mass is 19.1. The Kier molecular flexibility index (Phi) is 2.41. The molecule has 0 aromatic heterocycles. The zero-order valence-corrected chi connectivity index (χ0v) is 9.86. The summed E-state index contributed by atoms with van der Waals surface area (Å²) in [6.07, 6.45) is 1.85. The highest BCUT2D eigenvalue weighted by Crippen LogP contribution is 2.48. The van der Waals surface area contributed by atoms with Gasteiger partial charge in [-0.2, -0.15) is 5.26 Å². The van der Waals surface area contributed by atoms with Gasteiger partial charge in [0.25, 0.3) is 0 Å². The predicted octanol–water partition coefficient (Wildman–Crippen LogP) is 4.05. The first-order chi connectivity index (χ1) is 8.73. The quantitative estimate of drug-likeness (QED) is 0.773. The van der Waals surface area contributed by atoms with Crippen LogP contribution in [0, 0.1) is 17.1 Å². The van der Waals surface area contributed by atoms with E-state index in [-0.39, 0.29) is 11.2 Å². The molecule has 0 heterocycles. The zero-order chi connectivity index (χ0) is 12.6. The zero-order valence-electron chi connectivity index (χ0n) is 9.86. The summed E-state index contributed by atoms with van der Waals surface area (Å²) in [4.78, 5) is 0. The molecule has 88 valence electrons. The molecular weight excluding hydrogens is 225 g/mol. The lowest BCUT2D eigenvalue weighted by Gasteiger charge is -2.09. The molecule has 2 aromatic carbocycles. The van der Waals surface area contributed by atoms with Crippen molar-refractivity contribution in [3.05, 3.63) is 59.9 Å². The number of nitriles is 1. The van der Waals surface area contributed by atoms with Crippen molar-refractivity contribution < 1.29 is 4.39 Å². The second kappa shape index (κ2) is 3.96. The van der Waals surface area contributed by atoms with Gasteiger partial charge in [0, 0.05) is 0 Å². The Labute approximate surface area is 106 Å². The van der Waals surface area contributed by atoms with Gasteiger partial charge in [-0.05, 0) is 47.7 Å². The first-order valence-electron chi connectivity index (χ1n) is 6.01. The van der Waals surface area contributed by atoms with Crippen LogP contribution in [0.4, 0.5) is 4.39 Å². The fraction of sp³-hybridized carbons (Fsp3) is 0.188. The lowest BCUT2D eigenvalue weighted by atomic mass is 9.94. The van der Waals surface area contributed by atoms with Crippen molar-refractivity contribution in [1.29, 1.82) is 5.26 Å². The smallest absolute Gasteiger partial charge is 0.123 e. The lowest BCUT2D eigenvalue weighted by Crippen LogP contribution is -2.02. The maximum Gasteiger partial charge on any atom is 0.123 e. The van der Waals surface area contributed by atoms with Crippen LogP contribution in [0.15, 0.2) is 48.5 Å². The van der Waals surface area contributed by atoms with Crippen LogP contribution in [0.25, 0.3) is 11.1 Å². The van der Waals surface area contributed by atoms with E-state index in [9.17, 15) is 9.65 Å². The van der Waals surface area contributed by atoms with E-state index in [1.54, 1.807) is 6.07 Å². The molecule has 0 atom stereocenters. The van der Waals surface area contributed by atoms with E-state index in [0.717, 1.165) is 29.5 Å². The summed E-state index contributed by atoms with van der Waals surface area (Å²) in [5.41, 5.74) is 2.58. The highest BCUT2D eigenvalue weighted by Gasteiger charge is 2.44. The summed E-state index contributed by atoms with van der Waals surface area (Å²) in [7, 11) is 0. The summed E-state index contributed by atoms with van der Waals surface area (Å²) in [6, 6.07) is 16.8. The molecule has 2 heteroatoms. The molecule has 1 fully saturated rings. The number of halogens is 1. The summed E-state index contributed by atoms with van der Waals surface area (Å²) in [6.45, 7) is 0. The molecule has 0 N–H and O–H groups in total. The average molecular weight is 237 g/mol. The van der Waals surface area contributed by atoms with Gasteiger partial charge in [0.2, 0.25) is 0 Å². The standard InChI is InChI=1S/C16H12FN/c17-15-6-2-4-13(10-15)12-3-1-5-14(9-12)16(11-18)7-8-16/h1-6,9-10H,7-8H2. The molecule has 0 unspecified atom stereocenters. The molecule has 0 aliphatic heterocycles. The Morgan fingerprint density at radius 3 is 2.28 bits per heavy atom. The Hall–Kier alpha value is -2.14. The van der Waals surface area contributed by atoms with Crippen molar-refractivity contribution in [2.24, 2.45) is 0 Å². The SMILES string of the molecule is N#CC1(c2cccc(-c3cccc(F)c3)c2)CC1. The Balaban J connectivity index is 2.05. The van der Waals surface area contributed by atoms with Gasteiger partial charge in [0.05, 0.1) is 11.5 Å². The predicted molar refractivity (Wildman–Crippen MR) is 68.4 cm³/mol. The third-order valence-electron chi connectivity index (χ3n) is 3.54. The number of nitrogens with zero attached hydrogens (tertiary/aromatic N) is 1. The van der Waals surface area contributed by atoms with Crippen LogP contribution in [-0.2, 0) is 5.41 Å². The third kappa shape index (κ3) is 1.78. The topological polar surface area (TPSA) is 23.8 Å². The highest BCUT2D eigenvalue weighted by molar-refractivity contribution is 5.65. The largest absolute Gasteiger partial charge is 0.207 e. The molecule has 0 saturated heterocycles. The second-order valence-electron chi connectivity index (χ2n) is 4.79. The Morgan fingerprint density at radius 2 is 1.67 bits per heavy atom. The van der Waals surface area contributed by atoms with Crippen LogP contribution < -0.4 is 0 Å². The lowest BCUT2D eigenvalue weighted by molar-refractivity contribution is 0.628. The van der Waals surface area contributed by atoms with E-state index in [1.807, 2.05) is 30.3 Å². The van der Waals surface area contributed by atoms with E-state index in [0.29, 0.717) is 0 Å². The van der Waals surface area contributed by atoms with Crippen molar-refractivity contribution >= 4 is 0 Å². The summed E-state index contributed by atoms with van der Waals surface area (Å²) in [5.74, 6) is -0.237.